The molecule has 0 aliphatic carbocycles. The van der Waals surface area contributed by atoms with E-state index in [4.69, 9.17) is 9.47 Å². The normalized spacial score (nSPS) is 19.0. The number of likely N-dealkylation sites (tertiary alicyclic amines) is 1. The smallest absolute Gasteiger partial charge is 0.255 e. The van der Waals surface area contributed by atoms with E-state index in [1.807, 2.05) is 29.4 Å². The highest BCUT2D eigenvalue weighted by atomic mass is 32.2. The summed E-state index contributed by atoms with van der Waals surface area (Å²) in [5, 5.41) is 0. The monoisotopic (exact) mass is 503 g/mol. The Kier molecular flexibility index (Phi) is 6.74. The topological polar surface area (TPSA) is 79.4 Å². The Morgan fingerprint density at radius 3 is 2.41 bits per heavy atom. The zero-order valence-corrected chi connectivity index (χ0v) is 20.9. The van der Waals surface area contributed by atoms with E-state index in [1.165, 1.54) is 16.1 Å². The highest BCUT2D eigenvalue weighted by Crippen LogP contribution is 2.33. The number of benzene rings is 2. The third-order valence-corrected chi connectivity index (χ3v) is 9.30. The van der Waals surface area contributed by atoms with Crippen LogP contribution in [0, 0.1) is 0 Å². The Labute approximate surface area is 204 Å². The lowest BCUT2D eigenvalue weighted by molar-refractivity contribution is 0.0789. The maximum absolute atomic E-state index is 13.4. The Balaban J connectivity index is 1.27. The first-order valence-corrected chi connectivity index (χ1v) is 14.2. The van der Waals surface area contributed by atoms with Crippen molar-refractivity contribution < 1.29 is 22.7 Å². The van der Waals surface area contributed by atoms with Gasteiger partial charge in [-0.2, -0.15) is 4.31 Å². The molecule has 0 unspecified atom stereocenters. The number of hydrogen-bond acceptors (Lipinski definition) is 7. The van der Waals surface area contributed by atoms with Gasteiger partial charge in [-0.05, 0) is 55.0 Å². The summed E-state index contributed by atoms with van der Waals surface area (Å²) >= 11 is 1.47. The molecule has 0 saturated carbocycles. The quantitative estimate of drug-likeness (QED) is 0.561. The number of piperazine rings is 1. The molecule has 0 bridgehead atoms. The predicted octanol–water partition coefficient (Wildman–Crippen LogP) is 2.88. The molecule has 2 fully saturated rings. The van der Waals surface area contributed by atoms with Gasteiger partial charge in [0.25, 0.3) is 5.91 Å². The molecule has 8 nitrogen and oxygen atoms in total. The van der Waals surface area contributed by atoms with E-state index in [0.29, 0.717) is 31.7 Å². The lowest BCUT2D eigenvalue weighted by Crippen LogP contribution is -2.48. The molecule has 34 heavy (non-hydrogen) atoms. The molecule has 3 aliphatic rings. The Bertz CT molecular complexity index is 1170. The van der Waals surface area contributed by atoms with Crippen molar-refractivity contribution in [3.8, 4) is 11.5 Å². The highest BCUT2D eigenvalue weighted by Gasteiger charge is 2.31. The zero-order valence-electron chi connectivity index (χ0n) is 19.2. The summed E-state index contributed by atoms with van der Waals surface area (Å²) in [6, 6.07) is 10.9. The number of nitrogens with zero attached hydrogens (tertiary/aromatic N) is 3. The molecular weight excluding hydrogens is 474 g/mol. The van der Waals surface area contributed by atoms with Crippen LogP contribution in [-0.4, -0.2) is 80.7 Å². The van der Waals surface area contributed by atoms with Gasteiger partial charge in [-0.25, -0.2) is 8.42 Å². The van der Waals surface area contributed by atoms with Gasteiger partial charge < -0.3 is 14.4 Å². The molecule has 2 saturated heterocycles. The minimum absolute atomic E-state index is 0.0764. The van der Waals surface area contributed by atoms with E-state index in [0.717, 1.165) is 54.4 Å². The summed E-state index contributed by atoms with van der Waals surface area (Å²) in [4.78, 5) is 18.1. The lowest BCUT2D eigenvalue weighted by atomic mass is 10.2. The van der Waals surface area contributed by atoms with Gasteiger partial charge in [-0.3, -0.25) is 9.69 Å². The molecule has 3 aliphatic heterocycles. The minimum Gasteiger partial charge on any atom is -0.454 e. The number of rotatable bonds is 6. The van der Waals surface area contributed by atoms with E-state index in [2.05, 4.69) is 4.90 Å². The van der Waals surface area contributed by atoms with Crippen molar-refractivity contribution in [1.82, 2.24) is 14.1 Å². The second-order valence-electron chi connectivity index (χ2n) is 8.73. The minimum atomic E-state index is -3.68. The number of thioether (sulfide) groups is 1. The molecule has 5 rings (SSSR count). The number of ether oxygens (including phenoxy) is 2. The number of carbonyl (C=O) groups is 1. The number of sulfonamides is 1. The number of carbonyl (C=O) groups excluding carboxylic acids is 1. The fourth-order valence-electron chi connectivity index (χ4n) is 4.68. The largest absolute Gasteiger partial charge is 0.454 e. The average molecular weight is 504 g/mol. The van der Waals surface area contributed by atoms with Gasteiger partial charge in [0.05, 0.1) is 10.5 Å². The second kappa shape index (κ2) is 9.77. The maximum Gasteiger partial charge on any atom is 0.255 e. The number of fused-ring (bicyclic) bond motifs is 1. The summed E-state index contributed by atoms with van der Waals surface area (Å²) in [5.74, 6) is 1.44. The van der Waals surface area contributed by atoms with Crippen LogP contribution in [0.1, 0.15) is 28.8 Å². The van der Waals surface area contributed by atoms with E-state index < -0.39 is 10.0 Å². The fraction of sp³-hybridized carbons (Fsp3) is 0.458. The van der Waals surface area contributed by atoms with Gasteiger partial charge in [-0.15, -0.1) is 11.8 Å². The van der Waals surface area contributed by atoms with Crippen LogP contribution in [-0.2, 0) is 16.6 Å². The molecule has 3 heterocycles. The van der Waals surface area contributed by atoms with Crippen LogP contribution in [0.25, 0.3) is 0 Å². The Hall–Kier alpha value is -2.27. The molecule has 0 radical (unpaired) electrons. The average Bonchev–Trinajstić information content (AvgIpc) is 3.55. The van der Waals surface area contributed by atoms with Crippen molar-refractivity contribution in [2.24, 2.45) is 0 Å². The lowest BCUT2D eigenvalue weighted by Gasteiger charge is -2.34. The molecule has 1 amide bonds. The second-order valence-corrected chi connectivity index (χ2v) is 11.5. The fourth-order valence-corrected chi connectivity index (χ4v) is 6.70. The van der Waals surface area contributed by atoms with E-state index in [-0.39, 0.29) is 17.6 Å². The summed E-state index contributed by atoms with van der Waals surface area (Å²) in [7, 11) is -3.68. The SMILES string of the molecule is CSc1ccc(S(=O)(=O)N2CCN(Cc3ccc4c(c3)OCO4)CC2)cc1C(=O)N1CCCC1. The van der Waals surface area contributed by atoms with Crippen molar-refractivity contribution in [2.75, 3.05) is 52.3 Å². The first-order valence-electron chi connectivity index (χ1n) is 11.5. The molecule has 0 aromatic heterocycles. The third kappa shape index (κ3) is 4.64. The van der Waals surface area contributed by atoms with Crippen molar-refractivity contribution in [1.29, 1.82) is 0 Å². The molecule has 2 aromatic carbocycles. The van der Waals surface area contributed by atoms with Crippen LogP contribution in [0.4, 0.5) is 0 Å². The molecule has 0 spiro atoms. The summed E-state index contributed by atoms with van der Waals surface area (Å²) in [6.45, 7) is 4.52. The first-order chi connectivity index (χ1) is 16.5. The highest BCUT2D eigenvalue weighted by molar-refractivity contribution is 7.98. The third-order valence-electron chi connectivity index (χ3n) is 6.61. The maximum atomic E-state index is 13.4. The van der Waals surface area contributed by atoms with Crippen LogP contribution in [0.2, 0.25) is 0 Å². The molecule has 10 heteroatoms. The van der Waals surface area contributed by atoms with Crippen molar-refractivity contribution in [2.45, 2.75) is 29.2 Å². The summed E-state index contributed by atoms with van der Waals surface area (Å²) in [5.41, 5.74) is 1.59. The van der Waals surface area contributed by atoms with Gasteiger partial charge in [-0.1, -0.05) is 6.07 Å². The van der Waals surface area contributed by atoms with E-state index in [1.54, 1.807) is 18.2 Å². The van der Waals surface area contributed by atoms with Crippen molar-refractivity contribution in [3.63, 3.8) is 0 Å². The molecule has 182 valence electrons. The molecule has 2 aromatic rings. The summed E-state index contributed by atoms with van der Waals surface area (Å²) < 4.78 is 39.2. The van der Waals surface area contributed by atoms with Crippen LogP contribution in [0.3, 0.4) is 0 Å². The zero-order chi connectivity index (χ0) is 23.7. The molecule has 0 atom stereocenters. The van der Waals surface area contributed by atoms with Crippen LogP contribution >= 0.6 is 11.8 Å². The van der Waals surface area contributed by atoms with Gasteiger partial charge in [0.1, 0.15) is 0 Å². The van der Waals surface area contributed by atoms with Crippen molar-refractivity contribution in [3.05, 3.63) is 47.5 Å². The standard InChI is InChI=1S/C24H29N3O5S2/c1-33-23-7-5-19(15-20(23)24(28)26-8-2-3-9-26)34(29,30)27-12-10-25(11-13-27)16-18-4-6-21-22(14-18)32-17-31-21/h4-7,14-15H,2-3,8-13,16-17H2,1H3. The van der Waals surface area contributed by atoms with Gasteiger partial charge >= 0.3 is 0 Å². The Morgan fingerprint density at radius 1 is 0.941 bits per heavy atom. The van der Waals surface area contributed by atoms with Gasteiger partial charge in [0.15, 0.2) is 11.5 Å². The van der Waals surface area contributed by atoms with Gasteiger partial charge in [0.2, 0.25) is 16.8 Å². The van der Waals surface area contributed by atoms with Crippen LogP contribution in [0.5, 0.6) is 11.5 Å². The van der Waals surface area contributed by atoms with E-state index in [9.17, 15) is 13.2 Å². The van der Waals surface area contributed by atoms with Crippen molar-refractivity contribution >= 4 is 27.7 Å². The van der Waals surface area contributed by atoms with Gasteiger partial charge in [0, 0.05) is 50.7 Å². The predicted molar refractivity (Wildman–Crippen MR) is 130 cm³/mol. The van der Waals surface area contributed by atoms with E-state index >= 15 is 0 Å². The van der Waals surface area contributed by atoms with Crippen LogP contribution < -0.4 is 9.47 Å². The van der Waals surface area contributed by atoms with Crippen LogP contribution in [0.15, 0.2) is 46.2 Å². The number of amides is 1. The Morgan fingerprint density at radius 2 is 1.68 bits per heavy atom. The molecule has 0 N–H and O–H groups in total. The summed E-state index contributed by atoms with van der Waals surface area (Å²) in [6.07, 6.45) is 3.90. The number of hydrogen-bond donors (Lipinski definition) is 0. The molecular formula is C24H29N3O5S2. The first kappa shape index (κ1) is 23.5.